The van der Waals surface area contributed by atoms with Crippen LogP contribution in [0.2, 0.25) is 0 Å². The van der Waals surface area contributed by atoms with Crippen molar-refractivity contribution in [3.8, 4) is 0 Å². The summed E-state index contributed by atoms with van der Waals surface area (Å²) >= 11 is 0. The summed E-state index contributed by atoms with van der Waals surface area (Å²) in [6.45, 7) is 4.83. The molecule has 4 N–H and O–H groups in total. The predicted octanol–water partition coefficient (Wildman–Crippen LogP) is 0.760. The van der Waals surface area contributed by atoms with E-state index >= 15 is 0 Å². The number of hydrogen-bond donors (Lipinski definition) is 3. The summed E-state index contributed by atoms with van der Waals surface area (Å²) in [4.78, 5) is 4.31. The normalized spacial score (nSPS) is 11.6. The molecule has 0 amide bonds. The van der Waals surface area contributed by atoms with Gasteiger partial charge in [0.1, 0.15) is 0 Å². The van der Waals surface area contributed by atoms with E-state index in [1.165, 1.54) is 0 Å². The maximum absolute atomic E-state index is 5.39. The highest BCUT2D eigenvalue weighted by molar-refractivity contribution is 5.93. The minimum absolute atomic E-state index is 0.574. The Morgan fingerprint density at radius 2 is 2.38 bits per heavy atom. The average Bonchev–Trinajstić information content (AvgIpc) is 2.56. The van der Waals surface area contributed by atoms with Gasteiger partial charge in [0.2, 0.25) is 5.96 Å². The second-order valence-corrected chi connectivity index (χ2v) is 3.66. The lowest BCUT2D eigenvalue weighted by atomic mass is 10.3. The third-order valence-corrected chi connectivity index (χ3v) is 2.18. The van der Waals surface area contributed by atoms with Crippen molar-refractivity contribution in [2.45, 2.75) is 26.7 Å². The summed E-state index contributed by atoms with van der Waals surface area (Å²) in [7, 11) is 1.88. The van der Waals surface area contributed by atoms with Gasteiger partial charge in [0.05, 0.1) is 11.4 Å². The van der Waals surface area contributed by atoms with Gasteiger partial charge in [-0.25, -0.2) is 5.84 Å². The molecule has 6 nitrogen and oxygen atoms in total. The molecule has 0 aliphatic heterocycles. The van der Waals surface area contributed by atoms with Crippen molar-refractivity contribution in [3.63, 3.8) is 0 Å². The zero-order valence-corrected chi connectivity index (χ0v) is 10.1. The van der Waals surface area contributed by atoms with Crippen molar-refractivity contribution in [1.82, 2.24) is 15.2 Å². The third kappa shape index (κ3) is 3.54. The zero-order chi connectivity index (χ0) is 12.0. The molecule has 1 rings (SSSR count). The van der Waals surface area contributed by atoms with Crippen LogP contribution in [0.15, 0.2) is 11.2 Å². The van der Waals surface area contributed by atoms with Gasteiger partial charge in [-0.15, -0.1) is 0 Å². The Balaban J connectivity index is 2.62. The molecule has 0 aromatic carbocycles. The minimum Gasteiger partial charge on any atom is -0.322 e. The Labute approximate surface area is 95.9 Å². The zero-order valence-electron chi connectivity index (χ0n) is 10.1. The summed E-state index contributed by atoms with van der Waals surface area (Å²) in [6, 6.07) is 0. The molecule has 1 aromatic heterocycles. The topological polar surface area (TPSA) is 80.3 Å². The van der Waals surface area contributed by atoms with Crippen molar-refractivity contribution < 1.29 is 0 Å². The molecule has 0 unspecified atom stereocenters. The summed E-state index contributed by atoms with van der Waals surface area (Å²) < 4.78 is 1.75. The molecule has 0 aliphatic rings. The highest BCUT2D eigenvalue weighted by Gasteiger charge is 2.04. The Hall–Kier alpha value is -1.56. The van der Waals surface area contributed by atoms with Crippen LogP contribution in [0, 0.1) is 6.92 Å². The second kappa shape index (κ2) is 6.12. The summed E-state index contributed by atoms with van der Waals surface area (Å²) in [5.74, 6) is 5.96. The summed E-state index contributed by atoms with van der Waals surface area (Å²) in [6.07, 6.45) is 4.06. The van der Waals surface area contributed by atoms with Crippen LogP contribution in [-0.4, -0.2) is 22.3 Å². The smallest absolute Gasteiger partial charge is 0.210 e. The highest BCUT2D eigenvalue weighted by atomic mass is 15.3. The number of aliphatic imine (C=N–C) groups is 1. The van der Waals surface area contributed by atoms with Crippen LogP contribution >= 0.6 is 0 Å². The quantitative estimate of drug-likeness (QED) is 0.232. The number of hydrogen-bond acceptors (Lipinski definition) is 3. The van der Waals surface area contributed by atoms with Gasteiger partial charge in [0, 0.05) is 19.8 Å². The number of aryl methyl sites for hydroxylation is 2. The van der Waals surface area contributed by atoms with Crippen LogP contribution in [0.25, 0.3) is 0 Å². The van der Waals surface area contributed by atoms with Crippen molar-refractivity contribution in [2.24, 2.45) is 17.9 Å². The molecule has 0 radical (unpaired) electrons. The monoisotopic (exact) mass is 224 g/mol. The fourth-order valence-corrected chi connectivity index (χ4v) is 1.32. The van der Waals surface area contributed by atoms with Gasteiger partial charge in [-0.3, -0.25) is 15.1 Å². The van der Waals surface area contributed by atoms with Gasteiger partial charge in [0.25, 0.3) is 0 Å². The van der Waals surface area contributed by atoms with Gasteiger partial charge >= 0.3 is 0 Å². The van der Waals surface area contributed by atoms with E-state index in [0.717, 1.165) is 30.8 Å². The largest absolute Gasteiger partial charge is 0.322 e. The molecular weight excluding hydrogens is 204 g/mol. The third-order valence-electron chi connectivity index (χ3n) is 2.18. The molecular formula is C10H20N6. The number of hydrazine groups is 1. The number of nitrogens with one attached hydrogen (secondary N) is 2. The Morgan fingerprint density at radius 1 is 1.62 bits per heavy atom. The minimum atomic E-state index is 0.574. The number of rotatable bonds is 4. The maximum atomic E-state index is 5.39. The number of nitrogens with zero attached hydrogens (tertiary/aromatic N) is 3. The number of unbranched alkanes of at least 4 members (excludes halogenated alkanes) is 1. The van der Waals surface area contributed by atoms with Crippen molar-refractivity contribution in [1.29, 1.82) is 0 Å². The second-order valence-electron chi connectivity index (χ2n) is 3.66. The maximum Gasteiger partial charge on any atom is 0.210 e. The van der Waals surface area contributed by atoms with Crippen LogP contribution in [0.5, 0.6) is 0 Å². The van der Waals surface area contributed by atoms with Gasteiger partial charge in [-0.1, -0.05) is 13.3 Å². The van der Waals surface area contributed by atoms with E-state index in [0.29, 0.717) is 5.96 Å². The van der Waals surface area contributed by atoms with E-state index in [9.17, 15) is 0 Å². The lowest BCUT2D eigenvalue weighted by molar-refractivity contribution is 0.756. The lowest BCUT2D eigenvalue weighted by Gasteiger charge is -2.07. The van der Waals surface area contributed by atoms with Gasteiger partial charge in [-0.05, 0) is 13.3 Å². The predicted molar refractivity (Wildman–Crippen MR) is 66.1 cm³/mol. The van der Waals surface area contributed by atoms with Crippen LogP contribution in [-0.2, 0) is 7.05 Å². The van der Waals surface area contributed by atoms with Crippen LogP contribution in [0.3, 0.4) is 0 Å². The van der Waals surface area contributed by atoms with Crippen LogP contribution in [0.4, 0.5) is 5.69 Å². The fourth-order valence-electron chi connectivity index (χ4n) is 1.32. The van der Waals surface area contributed by atoms with Gasteiger partial charge in [-0.2, -0.15) is 5.10 Å². The fraction of sp³-hybridized carbons (Fsp3) is 0.600. The van der Waals surface area contributed by atoms with Crippen molar-refractivity contribution in [2.75, 3.05) is 11.9 Å². The standard InChI is InChI=1S/C10H20N6/c1-4-5-6-12-10(14-11)13-9-7-16(3)15-8(9)2/h7H,4-6,11H2,1-3H3,(H2,12,13,14). The molecule has 0 fully saturated rings. The van der Waals surface area contributed by atoms with Crippen molar-refractivity contribution >= 4 is 11.6 Å². The molecule has 1 aromatic rings. The first-order valence-corrected chi connectivity index (χ1v) is 5.45. The Kier molecular flexibility index (Phi) is 4.78. The molecule has 0 saturated carbocycles. The average molecular weight is 224 g/mol. The number of aromatic nitrogens is 2. The highest BCUT2D eigenvalue weighted by Crippen LogP contribution is 2.10. The van der Waals surface area contributed by atoms with Crippen LogP contribution < -0.4 is 16.6 Å². The molecule has 0 aliphatic carbocycles. The molecule has 90 valence electrons. The molecule has 1 heterocycles. The first-order valence-electron chi connectivity index (χ1n) is 5.45. The SMILES string of the molecule is CCCCN=C(NN)Nc1cn(C)nc1C. The number of anilines is 1. The summed E-state index contributed by atoms with van der Waals surface area (Å²) in [5.41, 5.74) is 4.38. The Morgan fingerprint density at radius 3 is 2.88 bits per heavy atom. The summed E-state index contributed by atoms with van der Waals surface area (Å²) in [5, 5.41) is 7.33. The number of guanidine groups is 1. The first kappa shape index (κ1) is 12.5. The lowest BCUT2D eigenvalue weighted by Crippen LogP contribution is -2.36. The first-order chi connectivity index (χ1) is 7.67. The molecule has 6 heteroatoms. The molecule has 0 bridgehead atoms. The Bertz CT molecular complexity index is 354. The van der Waals surface area contributed by atoms with Crippen LogP contribution in [0.1, 0.15) is 25.5 Å². The molecule has 0 spiro atoms. The number of nitrogens with two attached hydrogens (primary N) is 1. The van der Waals surface area contributed by atoms with Crippen molar-refractivity contribution in [3.05, 3.63) is 11.9 Å². The van der Waals surface area contributed by atoms with Gasteiger partial charge in [0.15, 0.2) is 0 Å². The van der Waals surface area contributed by atoms with E-state index in [1.807, 2.05) is 20.2 Å². The molecule has 16 heavy (non-hydrogen) atoms. The van der Waals surface area contributed by atoms with E-state index in [-0.39, 0.29) is 0 Å². The molecule has 0 saturated heterocycles. The van der Waals surface area contributed by atoms with E-state index in [4.69, 9.17) is 5.84 Å². The van der Waals surface area contributed by atoms with E-state index in [2.05, 4.69) is 27.8 Å². The molecule has 0 atom stereocenters. The van der Waals surface area contributed by atoms with E-state index < -0.39 is 0 Å². The van der Waals surface area contributed by atoms with Gasteiger partial charge < -0.3 is 5.32 Å². The van der Waals surface area contributed by atoms with E-state index in [1.54, 1.807) is 4.68 Å².